The van der Waals surface area contributed by atoms with Crippen molar-refractivity contribution in [3.05, 3.63) is 29.8 Å². The van der Waals surface area contributed by atoms with Gasteiger partial charge < -0.3 is 19.7 Å². The Kier molecular flexibility index (Phi) is 7.72. The number of benzene rings is 1. The van der Waals surface area contributed by atoms with Gasteiger partial charge in [-0.2, -0.15) is 0 Å². The Morgan fingerprint density at radius 3 is 2.84 bits per heavy atom. The Labute approximate surface area is 188 Å². The third-order valence-corrected chi connectivity index (χ3v) is 7.49. The van der Waals surface area contributed by atoms with Crippen LogP contribution in [0.25, 0.3) is 0 Å². The van der Waals surface area contributed by atoms with Gasteiger partial charge in [-0.3, -0.25) is 9.89 Å². The molecule has 172 valence electrons. The molecule has 0 unspecified atom stereocenters. The van der Waals surface area contributed by atoms with Gasteiger partial charge in [0.25, 0.3) is 0 Å². The lowest BCUT2D eigenvalue weighted by Crippen LogP contribution is -2.40. The summed E-state index contributed by atoms with van der Waals surface area (Å²) in [6.45, 7) is 6.48. The van der Waals surface area contributed by atoms with Crippen molar-refractivity contribution in [3.8, 4) is 5.75 Å². The molecule has 2 heterocycles. The van der Waals surface area contributed by atoms with Gasteiger partial charge in [-0.15, -0.1) is 0 Å². The summed E-state index contributed by atoms with van der Waals surface area (Å²) < 4.78 is 11.5. The number of hydrogen-bond acceptors (Lipinski definition) is 4. The van der Waals surface area contributed by atoms with Crippen molar-refractivity contribution in [1.82, 2.24) is 15.1 Å². The summed E-state index contributed by atoms with van der Waals surface area (Å²) >= 11 is 0. The van der Waals surface area contributed by atoms with Crippen molar-refractivity contribution < 1.29 is 9.47 Å². The first-order valence-electron chi connectivity index (χ1n) is 12.1. The molecule has 31 heavy (non-hydrogen) atoms. The van der Waals surface area contributed by atoms with Crippen LogP contribution in [0.2, 0.25) is 0 Å². The highest BCUT2D eigenvalue weighted by molar-refractivity contribution is 5.80. The number of likely N-dealkylation sites (tertiary alicyclic amines) is 1. The van der Waals surface area contributed by atoms with E-state index in [-0.39, 0.29) is 0 Å². The Morgan fingerprint density at radius 1 is 1.26 bits per heavy atom. The maximum atomic E-state index is 6.06. The van der Waals surface area contributed by atoms with Crippen molar-refractivity contribution in [3.63, 3.8) is 0 Å². The molecule has 3 fully saturated rings. The Morgan fingerprint density at radius 2 is 2.06 bits per heavy atom. The average Bonchev–Trinajstić information content (AvgIpc) is 3.45. The van der Waals surface area contributed by atoms with Gasteiger partial charge in [0.2, 0.25) is 0 Å². The zero-order chi connectivity index (χ0) is 21.5. The molecule has 1 aliphatic carbocycles. The number of ether oxygens (including phenoxy) is 2. The third kappa shape index (κ3) is 5.92. The average molecular weight is 429 g/mol. The monoisotopic (exact) mass is 428 g/mol. The molecule has 0 atom stereocenters. The van der Waals surface area contributed by atoms with Crippen molar-refractivity contribution in [2.45, 2.75) is 57.5 Å². The molecule has 1 aromatic rings. The van der Waals surface area contributed by atoms with Gasteiger partial charge in [-0.25, -0.2) is 0 Å². The first-order chi connectivity index (χ1) is 15.2. The molecule has 3 aliphatic rings. The summed E-state index contributed by atoms with van der Waals surface area (Å²) in [4.78, 5) is 9.43. The van der Waals surface area contributed by atoms with Crippen molar-refractivity contribution in [1.29, 1.82) is 0 Å². The molecule has 1 aromatic carbocycles. The van der Waals surface area contributed by atoms with E-state index in [2.05, 4.69) is 51.4 Å². The molecule has 1 spiro atoms. The lowest BCUT2D eigenvalue weighted by molar-refractivity contribution is 0.0392. The molecule has 2 saturated heterocycles. The van der Waals surface area contributed by atoms with Gasteiger partial charge in [-0.1, -0.05) is 25.0 Å². The second-order valence-electron chi connectivity index (χ2n) is 9.60. The van der Waals surface area contributed by atoms with Gasteiger partial charge in [0, 0.05) is 52.5 Å². The number of nitrogens with one attached hydrogen (secondary N) is 1. The SMILES string of the molecule is CN=C(NCc1cccc(OCCN(C)C2CCOCC2)c1)N1CCC2(CCCC2)C1. The van der Waals surface area contributed by atoms with E-state index in [1.54, 1.807) is 0 Å². The minimum atomic E-state index is 0.559. The second kappa shape index (κ2) is 10.7. The second-order valence-corrected chi connectivity index (χ2v) is 9.60. The predicted molar refractivity (Wildman–Crippen MR) is 126 cm³/mol. The minimum absolute atomic E-state index is 0.559. The molecule has 6 nitrogen and oxygen atoms in total. The minimum Gasteiger partial charge on any atom is -0.492 e. The van der Waals surface area contributed by atoms with Gasteiger partial charge in [-0.05, 0) is 62.3 Å². The highest BCUT2D eigenvalue weighted by Crippen LogP contribution is 2.45. The molecule has 1 N–H and O–H groups in total. The Bertz CT molecular complexity index is 726. The number of likely N-dealkylation sites (N-methyl/N-ethyl adjacent to an activating group) is 1. The van der Waals surface area contributed by atoms with Crippen LogP contribution in [0.4, 0.5) is 0 Å². The normalized spacial score (nSPS) is 21.9. The first-order valence-corrected chi connectivity index (χ1v) is 12.1. The van der Waals surface area contributed by atoms with Crippen LogP contribution < -0.4 is 10.1 Å². The Hall–Kier alpha value is -1.79. The van der Waals surface area contributed by atoms with E-state index >= 15 is 0 Å². The number of guanidine groups is 1. The van der Waals surface area contributed by atoms with Crippen LogP contribution >= 0.6 is 0 Å². The standard InChI is InChI=1S/C25H40N4O2/c1-26-24(29-13-12-25(20-29)10-3-4-11-25)27-19-21-6-5-7-23(18-21)31-17-14-28(2)22-8-15-30-16-9-22/h5-7,18,22H,3-4,8-17,19-20H2,1-2H3,(H,26,27). The molecular weight excluding hydrogens is 388 g/mol. The number of rotatable bonds is 7. The smallest absolute Gasteiger partial charge is 0.193 e. The van der Waals surface area contributed by atoms with E-state index in [1.807, 2.05) is 7.05 Å². The van der Waals surface area contributed by atoms with Crippen LogP contribution in [0, 0.1) is 5.41 Å². The zero-order valence-electron chi connectivity index (χ0n) is 19.4. The first kappa shape index (κ1) is 22.4. The molecule has 0 bridgehead atoms. The summed E-state index contributed by atoms with van der Waals surface area (Å²) in [6, 6.07) is 9.06. The van der Waals surface area contributed by atoms with E-state index in [0.29, 0.717) is 18.1 Å². The molecule has 4 rings (SSSR count). The molecule has 2 aliphatic heterocycles. The fourth-order valence-corrected chi connectivity index (χ4v) is 5.52. The van der Waals surface area contributed by atoms with Crippen molar-refractivity contribution >= 4 is 5.96 Å². The quantitative estimate of drug-likeness (QED) is 0.532. The van der Waals surface area contributed by atoms with E-state index in [1.165, 1.54) is 37.7 Å². The molecule has 1 saturated carbocycles. The fourth-order valence-electron chi connectivity index (χ4n) is 5.52. The molecule has 0 radical (unpaired) electrons. The summed E-state index contributed by atoms with van der Waals surface area (Å²) in [6.07, 6.45) is 9.15. The summed E-state index contributed by atoms with van der Waals surface area (Å²) in [5.74, 6) is 1.98. The zero-order valence-corrected chi connectivity index (χ0v) is 19.4. The van der Waals surface area contributed by atoms with Gasteiger partial charge in [0.1, 0.15) is 12.4 Å². The maximum absolute atomic E-state index is 6.06. The molecule has 6 heteroatoms. The van der Waals surface area contributed by atoms with Crippen molar-refractivity contribution in [2.24, 2.45) is 10.4 Å². The Balaban J connectivity index is 1.22. The van der Waals surface area contributed by atoms with Crippen LogP contribution in [-0.2, 0) is 11.3 Å². The number of hydrogen-bond donors (Lipinski definition) is 1. The number of nitrogens with zero attached hydrogens (tertiary/aromatic N) is 3. The van der Waals surface area contributed by atoms with E-state index in [9.17, 15) is 0 Å². The van der Waals surface area contributed by atoms with E-state index in [0.717, 1.165) is 63.9 Å². The highest BCUT2D eigenvalue weighted by Gasteiger charge is 2.41. The largest absolute Gasteiger partial charge is 0.492 e. The van der Waals surface area contributed by atoms with E-state index in [4.69, 9.17) is 9.47 Å². The predicted octanol–water partition coefficient (Wildman–Crippen LogP) is 3.52. The molecule has 0 aromatic heterocycles. The van der Waals surface area contributed by atoms with Crippen LogP contribution in [0.15, 0.2) is 29.3 Å². The lowest BCUT2D eigenvalue weighted by atomic mass is 9.86. The summed E-state index contributed by atoms with van der Waals surface area (Å²) in [5, 5.41) is 3.58. The highest BCUT2D eigenvalue weighted by atomic mass is 16.5. The topological polar surface area (TPSA) is 49.3 Å². The molecule has 0 amide bonds. The van der Waals surface area contributed by atoms with Crippen LogP contribution in [0.5, 0.6) is 5.75 Å². The summed E-state index contributed by atoms with van der Waals surface area (Å²) in [7, 11) is 4.09. The molecular formula is C25H40N4O2. The maximum Gasteiger partial charge on any atom is 0.193 e. The fraction of sp³-hybridized carbons (Fsp3) is 0.720. The van der Waals surface area contributed by atoms with Crippen LogP contribution in [0.3, 0.4) is 0 Å². The van der Waals surface area contributed by atoms with Crippen LogP contribution in [0.1, 0.15) is 50.5 Å². The van der Waals surface area contributed by atoms with Gasteiger partial charge in [0.15, 0.2) is 5.96 Å². The number of aliphatic imine (C=N–C) groups is 1. The third-order valence-electron chi connectivity index (χ3n) is 7.49. The lowest BCUT2D eigenvalue weighted by Gasteiger charge is -2.31. The van der Waals surface area contributed by atoms with Gasteiger partial charge in [0.05, 0.1) is 0 Å². The summed E-state index contributed by atoms with van der Waals surface area (Å²) in [5.41, 5.74) is 1.79. The van der Waals surface area contributed by atoms with Crippen LogP contribution in [-0.4, -0.2) is 75.4 Å². The van der Waals surface area contributed by atoms with E-state index < -0.39 is 0 Å². The van der Waals surface area contributed by atoms with Gasteiger partial charge >= 0.3 is 0 Å². The van der Waals surface area contributed by atoms with Crippen molar-refractivity contribution in [2.75, 3.05) is 53.6 Å².